The second kappa shape index (κ2) is 10.7. The lowest BCUT2D eigenvalue weighted by atomic mass is 9.98. The first-order valence-electron chi connectivity index (χ1n) is 11.0. The average molecular weight is 505 g/mol. The molecule has 0 bridgehead atoms. The second-order valence-corrected chi connectivity index (χ2v) is 10.7. The lowest BCUT2D eigenvalue weighted by Crippen LogP contribution is -2.44. The van der Waals surface area contributed by atoms with E-state index in [9.17, 15) is 18.0 Å². The fraction of sp³-hybridized carbons (Fsp3) is 0.375. The van der Waals surface area contributed by atoms with Crippen LogP contribution in [0.3, 0.4) is 0 Å². The predicted octanol–water partition coefficient (Wildman–Crippen LogP) is 3.25. The zero-order valence-corrected chi connectivity index (χ0v) is 21.2. The molecule has 0 fully saturated rings. The molecular formula is C24H29ClN4O4S. The number of hydrogen-bond acceptors (Lipinski definition) is 5. The molecule has 1 aliphatic heterocycles. The van der Waals surface area contributed by atoms with Crippen LogP contribution in [0.15, 0.2) is 53.5 Å². The van der Waals surface area contributed by atoms with Crippen LogP contribution in [-0.4, -0.2) is 56.9 Å². The molecule has 1 N–H and O–H groups in total. The van der Waals surface area contributed by atoms with E-state index in [1.54, 1.807) is 18.2 Å². The maximum absolute atomic E-state index is 13.7. The van der Waals surface area contributed by atoms with E-state index in [0.29, 0.717) is 22.0 Å². The molecule has 0 saturated heterocycles. The van der Waals surface area contributed by atoms with E-state index in [2.05, 4.69) is 0 Å². The van der Waals surface area contributed by atoms with Gasteiger partial charge in [-0.3, -0.25) is 14.6 Å². The summed E-state index contributed by atoms with van der Waals surface area (Å²) in [7, 11) is -1.27. The first-order valence-corrected chi connectivity index (χ1v) is 12.8. The molecule has 8 nitrogen and oxygen atoms in total. The molecule has 0 aromatic heterocycles. The van der Waals surface area contributed by atoms with Gasteiger partial charge in [-0.1, -0.05) is 62.2 Å². The van der Waals surface area contributed by atoms with E-state index >= 15 is 0 Å². The minimum absolute atomic E-state index is 0.00717. The van der Waals surface area contributed by atoms with E-state index in [0.717, 1.165) is 16.3 Å². The van der Waals surface area contributed by atoms with Gasteiger partial charge in [0.15, 0.2) is 0 Å². The standard InChI is InChI=1S/C24H29ClN4O4S/c1-5-16(2)22-24(31)29(14-13-21(30)27-34(32,33)28(3)4)20-12-11-18(25)15-19(20)23(26-22)17-9-7-6-8-10-17/h6-12,15-16,22H,5,13-14H2,1-4H3,(H,27,30)/t16-,22?/m0/s1. The number of halogens is 1. The number of nitrogens with zero attached hydrogens (tertiary/aromatic N) is 3. The maximum Gasteiger partial charge on any atom is 0.303 e. The van der Waals surface area contributed by atoms with Crippen LogP contribution < -0.4 is 9.62 Å². The molecule has 0 spiro atoms. The molecule has 1 unspecified atom stereocenters. The highest BCUT2D eigenvalue weighted by atomic mass is 35.5. The van der Waals surface area contributed by atoms with Crippen molar-refractivity contribution in [2.24, 2.45) is 10.9 Å². The number of amides is 2. The minimum atomic E-state index is -3.92. The quantitative estimate of drug-likeness (QED) is 0.596. The van der Waals surface area contributed by atoms with Crippen LogP contribution in [-0.2, 0) is 19.8 Å². The third-order valence-corrected chi connectivity index (χ3v) is 7.49. The van der Waals surface area contributed by atoms with Crippen molar-refractivity contribution in [2.75, 3.05) is 25.5 Å². The van der Waals surface area contributed by atoms with Crippen LogP contribution in [0.1, 0.15) is 37.8 Å². The van der Waals surface area contributed by atoms with Gasteiger partial charge < -0.3 is 4.90 Å². The zero-order valence-electron chi connectivity index (χ0n) is 19.7. The first kappa shape index (κ1) is 25.9. The monoisotopic (exact) mass is 504 g/mol. The van der Waals surface area contributed by atoms with Gasteiger partial charge in [-0.15, -0.1) is 0 Å². The molecular weight excluding hydrogens is 476 g/mol. The lowest BCUT2D eigenvalue weighted by molar-refractivity contribution is -0.121. The minimum Gasteiger partial charge on any atom is -0.309 e. The predicted molar refractivity (Wildman–Crippen MR) is 134 cm³/mol. The average Bonchev–Trinajstić information content (AvgIpc) is 2.91. The number of aliphatic imine (C=N–C) groups is 1. The van der Waals surface area contributed by atoms with E-state index < -0.39 is 22.2 Å². The first-order chi connectivity index (χ1) is 16.0. The van der Waals surface area contributed by atoms with E-state index in [1.807, 2.05) is 48.9 Å². The van der Waals surface area contributed by atoms with Gasteiger partial charge in [0, 0.05) is 43.2 Å². The SMILES string of the molecule is CC[C@H](C)C1N=C(c2ccccc2)c2cc(Cl)ccc2N(CCC(=O)NS(=O)(=O)N(C)C)C1=O. The Hall–Kier alpha value is -2.75. The molecule has 1 heterocycles. The zero-order chi connectivity index (χ0) is 25.0. The van der Waals surface area contributed by atoms with Crippen molar-refractivity contribution < 1.29 is 18.0 Å². The molecule has 10 heteroatoms. The number of benzodiazepines with no additional fused rings is 1. The van der Waals surface area contributed by atoms with Crippen LogP contribution >= 0.6 is 11.6 Å². The number of rotatable bonds is 8. The van der Waals surface area contributed by atoms with Crippen molar-refractivity contribution in [2.45, 2.75) is 32.7 Å². The van der Waals surface area contributed by atoms with Gasteiger partial charge in [-0.2, -0.15) is 12.7 Å². The molecule has 2 aromatic carbocycles. The maximum atomic E-state index is 13.7. The normalized spacial score (nSPS) is 17.1. The fourth-order valence-electron chi connectivity index (χ4n) is 3.63. The fourth-order valence-corrected chi connectivity index (χ4v) is 4.37. The number of anilines is 1. The summed E-state index contributed by atoms with van der Waals surface area (Å²) in [5.74, 6) is -1.00. The Bertz CT molecular complexity index is 1200. The van der Waals surface area contributed by atoms with Gasteiger partial charge in [0.25, 0.3) is 5.91 Å². The Morgan fingerprint density at radius 2 is 1.88 bits per heavy atom. The van der Waals surface area contributed by atoms with Gasteiger partial charge in [0.05, 0.1) is 11.4 Å². The molecule has 182 valence electrons. The van der Waals surface area contributed by atoms with Crippen LogP contribution in [0.4, 0.5) is 5.69 Å². The number of carbonyl (C=O) groups excluding carboxylic acids is 2. The molecule has 2 aromatic rings. The van der Waals surface area contributed by atoms with Crippen molar-refractivity contribution in [3.05, 3.63) is 64.7 Å². The summed E-state index contributed by atoms with van der Waals surface area (Å²) in [6.45, 7) is 3.95. The van der Waals surface area contributed by atoms with Crippen molar-refractivity contribution in [3.63, 3.8) is 0 Å². The van der Waals surface area contributed by atoms with Crippen molar-refractivity contribution in [3.8, 4) is 0 Å². The highest BCUT2D eigenvalue weighted by molar-refractivity contribution is 7.87. The summed E-state index contributed by atoms with van der Waals surface area (Å²) >= 11 is 6.33. The van der Waals surface area contributed by atoms with Crippen LogP contribution in [0, 0.1) is 5.92 Å². The van der Waals surface area contributed by atoms with Crippen molar-refractivity contribution in [1.82, 2.24) is 9.03 Å². The summed E-state index contributed by atoms with van der Waals surface area (Å²) in [5, 5.41) is 0.492. The van der Waals surface area contributed by atoms with Crippen LogP contribution in [0.2, 0.25) is 5.02 Å². The highest BCUT2D eigenvalue weighted by Crippen LogP contribution is 2.33. The van der Waals surface area contributed by atoms with E-state index in [-0.39, 0.29) is 24.8 Å². The van der Waals surface area contributed by atoms with E-state index in [1.165, 1.54) is 19.0 Å². The van der Waals surface area contributed by atoms with Gasteiger partial charge in [-0.25, -0.2) is 4.72 Å². The molecule has 2 atom stereocenters. The van der Waals surface area contributed by atoms with Gasteiger partial charge >= 0.3 is 10.2 Å². The summed E-state index contributed by atoms with van der Waals surface area (Å²) in [6, 6.07) is 14.1. The van der Waals surface area contributed by atoms with Gasteiger partial charge in [0.1, 0.15) is 6.04 Å². The van der Waals surface area contributed by atoms with E-state index in [4.69, 9.17) is 16.6 Å². The summed E-state index contributed by atoms with van der Waals surface area (Å²) in [5.41, 5.74) is 2.76. The number of nitrogens with one attached hydrogen (secondary N) is 1. The van der Waals surface area contributed by atoms with Crippen molar-refractivity contribution >= 4 is 45.0 Å². The number of fused-ring (bicyclic) bond motifs is 1. The third-order valence-electron chi connectivity index (χ3n) is 5.81. The molecule has 0 aliphatic carbocycles. The summed E-state index contributed by atoms with van der Waals surface area (Å²) in [6.07, 6.45) is 0.531. The third kappa shape index (κ3) is 5.65. The molecule has 34 heavy (non-hydrogen) atoms. The van der Waals surface area contributed by atoms with Crippen LogP contribution in [0.5, 0.6) is 0 Å². The Morgan fingerprint density at radius 1 is 1.21 bits per heavy atom. The Labute approximate surface area is 205 Å². The Balaban J connectivity index is 2.04. The number of carbonyl (C=O) groups is 2. The summed E-state index contributed by atoms with van der Waals surface area (Å²) in [4.78, 5) is 32.5. The summed E-state index contributed by atoms with van der Waals surface area (Å²) < 4.78 is 26.9. The molecule has 1 aliphatic rings. The number of benzene rings is 2. The van der Waals surface area contributed by atoms with Crippen LogP contribution in [0.25, 0.3) is 0 Å². The van der Waals surface area contributed by atoms with Gasteiger partial charge in [-0.05, 0) is 24.1 Å². The highest BCUT2D eigenvalue weighted by Gasteiger charge is 2.35. The topological polar surface area (TPSA) is 99.2 Å². The second-order valence-electron chi connectivity index (χ2n) is 8.39. The molecule has 0 radical (unpaired) electrons. The number of hydrogen-bond donors (Lipinski definition) is 1. The molecule has 0 saturated carbocycles. The molecule has 3 rings (SSSR count). The smallest absolute Gasteiger partial charge is 0.303 e. The Morgan fingerprint density at radius 3 is 2.50 bits per heavy atom. The largest absolute Gasteiger partial charge is 0.309 e. The molecule has 2 amide bonds. The van der Waals surface area contributed by atoms with Gasteiger partial charge in [0.2, 0.25) is 5.91 Å². The Kier molecular flexibility index (Phi) is 8.12. The van der Waals surface area contributed by atoms with Crippen molar-refractivity contribution in [1.29, 1.82) is 0 Å². The lowest BCUT2D eigenvalue weighted by Gasteiger charge is -2.27.